The maximum atomic E-state index is 11.7. The molecule has 1 fully saturated rings. The average Bonchev–Trinajstić information content (AvgIpc) is 2.39. The SMILES string of the molecule is Cc1cccc2c1C1(CCCCC1)C(C(=O)O)CC2. The quantitative estimate of drug-likeness (QED) is 0.831. The summed E-state index contributed by atoms with van der Waals surface area (Å²) in [5.41, 5.74) is 4.00. The van der Waals surface area contributed by atoms with Gasteiger partial charge in [0, 0.05) is 5.41 Å². The van der Waals surface area contributed by atoms with Crippen LogP contribution >= 0.6 is 0 Å². The molecule has 1 aromatic carbocycles. The van der Waals surface area contributed by atoms with Crippen LogP contribution in [0, 0.1) is 12.8 Å². The third kappa shape index (κ3) is 1.89. The van der Waals surface area contributed by atoms with Crippen LogP contribution in [0.4, 0.5) is 0 Å². The van der Waals surface area contributed by atoms with Crippen molar-refractivity contribution < 1.29 is 9.90 Å². The second kappa shape index (κ2) is 4.66. The standard InChI is InChI=1S/C17H22O2/c1-12-6-5-7-13-8-9-14(16(18)19)17(15(12)13)10-3-2-4-11-17/h5-7,14H,2-4,8-11H2,1H3,(H,18,19). The summed E-state index contributed by atoms with van der Waals surface area (Å²) in [6.45, 7) is 2.15. The van der Waals surface area contributed by atoms with Crippen molar-refractivity contribution in [3.63, 3.8) is 0 Å². The molecule has 2 heteroatoms. The topological polar surface area (TPSA) is 37.3 Å². The zero-order valence-electron chi connectivity index (χ0n) is 11.6. The Morgan fingerprint density at radius 3 is 2.68 bits per heavy atom. The van der Waals surface area contributed by atoms with Crippen LogP contribution in [0.3, 0.4) is 0 Å². The van der Waals surface area contributed by atoms with E-state index in [0.717, 1.165) is 25.7 Å². The predicted molar refractivity (Wildman–Crippen MR) is 75.4 cm³/mol. The molecule has 1 spiro atoms. The first-order chi connectivity index (χ1) is 9.15. The number of rotatable bonds is 1. The van der Waals surface area contributed by atoms with Crippen molar-refractivity contribution in [1.29, 1.82) is 0 Å². The predicted octanol–water partition coefficient (Wildman–Crippen LogP) is 3.84. The number of carboxylic acids is 1. The Morgan fingerprint density at radius 1 is 1.26 bits per heavy atom. The van der Waals surface area contributed by atoms with Gasteiger partial charge in [0.1, 0.15) is 0 Å². The Morgan fingerprint density at radius 2 is 2.00 bits per heavy atom. The van der Waals surface area contributed by atoms with Crippen molar-refractivity contribution in [3.05, 3.63) is 34.9 Å². The number of hydrogen-bond acceptors (Lipinski definition) is 1. The van der Waals surface area contributed by atoms with E-state index < -0.39 is 5.97 Å². The van der Waals surface area contributed by atoms with Crippen LogP contribution in [0.25, 0.3) is 0 Å². The largest absolute Gasteiger partial charge is 0.481 e. The molecule has 0 amide bonds. The second-order valence-electron chi connectivity index (χ2n) is 6.26. The first-order valence-corrected chi connectivity index (χ1v) is 7.47. The second-order valence-corrected chi connectivity index (χ2v) is 6.26. The van der Waals surface area contributed by atoms with Crippen LogP contribution in [0.15, 0.2) is 18.2 Å². The smallest absolute Gasteiger partial charge is 0.307 e. The molecule has 1 N–H and O–H groups in total. The summed E-state index contributed by atoms with van der Waals surface area (Å²) in [6, 6.07) is 6.47. The van der Waals surface area contributed by atoms with E-state index in [1.54, 1.807) is 0 Å². The Hall–Kier alpha value is -1.31. The molecule has 1 unspecified atom stereocenters. The molecule has 0 aromatic heterocycles. The van der Waals surface area contributed by atoms with Gasteiger partial charge in [0.15, 0.2) is 0 Å². The molecule has 2 nitrogen and oxygen atoms in total. The molecule has 2 aliphatic rings. The Kier molecular flexibility index (Phi) is 3.12. The highest BCUT2D eigenvalue weighted by molar-refractivity contribution is 5.74. The Balaban J connectivity index is 2.17. The van der Waals surface area contributed by atoms with Crippen LogP contribution in [0.2, 0.25) is 0 Å². The fraction of sp³-hybridized carbons (Fsp3) is 0.588. The van der Waals surface area contributed by atoms with Gasteiger partial charge in [0.25, 0.3) is 0 Å². The van der Waals surface area contributed by atoms with Crippen molar-refractivity contribution in [1.82, 2.24) is 0 Å². The molecule has 1 atom stereocenters. The molecule has 1 aromatic rings. The van der Waals surface area contributed by atoms with E-state index >= 15 is 0 Å². The first kappa shape index (κ1) is 12.7. The monoisotopic (exact) mass is 258 g/mol. The van der Waals surface area contributed by atoms with Gasteiger partial charge in [-0.3, -0.25) is 4.79 Å². The normalized spacial score (nSPS) is 25.0. The molecule has 19 heavy (non-hydrogen) atoms. The van der Waals surface area contributed by atoms with Gasteiger partial charge in [-0.1, -0.05) is 37.5 Å². The Labute approximate surface area is 114 Å². The van der Waals surface area contributed by atoms with Crippen LogP contribution < -0.4 is 0 Å². The van der Waals surface area contributed by atoms with Gasteiger partial charge in [-0.2, -0.15) is 0 Å². The summed E-state index contributed by atoms with van der Waals surface area (Å²) < 4.78 is 0. The molecular formula is C17H22O2. The highest BCUT2D eigenvalue weighted by Gasteiger charge is 2.48. The lowest BCUT2D eigenvalue weighted by Crippen LogP contribution is -2.45. The number of carbonyl (C=O) groups is 1. The highest BCUT2D eigenvalue weighted by atomic mass is 16.4. The molecule has 0 radical (unpaired) electrons. The number of carboxylic acid groups (broad SMARTS) is 1. The van der Waals surface area contributed by atoms with Crippen molar-refractivity contribution in [2.75, 3.05) is 0 Å². The van der Waals surface area contributed by atoms with Gasteiger partial charge in [-0.05, 0) is 49.3 Å². The summed E-state index contributed by atoms with van der Waals surface area (Å²) in [6.07, 6.45) is 7.47. The minimum atomic E-state index is -0.587. The van der Waals surface area contributed by atoms with E-state index in [2.05, 4.69) is 25.1 Å². The summed E-state index contributed by atoms with van der Waals surface area (Å²) in [5, 5.41) is 9.67. The lowest BCUT2D eigenvalue weighted by Gasteiger charge is -2.47. The molecule has 0 heterocycles. The lowest BCUT2D eigenvalue weighted by molar-refractivity contribution is -0.145. The third-order valence-electron chi connectivity index (χ3n) is 5.27. The number of aliphatic carboxylic acids is 1. The van der Waals surface area contributed by atoms with Crippen molar-refractivity contribution >= 4 is 5.97 Å². The zero-order chi connectivity index (χ0) is 13.5. The van der Waals surface area contributed by atoms with Crippen molar-refractivity contribution in [2.45, 2.75) is 57.3 Å². The first-order valence-electron chi connectivity index (χ1n) is 7.47. The van der Waals surface area contributed by atoms with E-state index in [1.165, 1.54) is 36.0 Å². The molecule has 2 aliphatic carbocycles. The van der Waals surface area contributed by atoms with Crippen LogP contribution in [-0.2, 0) is 16.6 Å². The maximum Gasteiger partial charge on any atom is 0.307 e. The number of aryl methyl sites for hydroxylation is 2. The summed E-state index contributed by atoms with van der Waals surface area (Å²) >= 11 is 0. The molecule has 0 aliphatic heterocycles. The molecule has 0 saturated heterocycles. The van der Waals surface area contributed by atoms with Crippen LogP contribution in [0.1, 0.15) is 55.2 Å². The van der Waals surface area contributed by atoms with Gasteiger partial charge in [0.05, 0.1) is 5.92 Å². The average molecular weight is 258 g/mol. The van der Waals surface area contributed by atoms with E-state index in [4.69, 9.17) is 0 Å². The molecule has 3 rings (SSSR count). The van der Waals surface area contributed by atoms with Crippen molar-refractivity contribution in [2.24, 2.45) is 5.92 Å². The summed E-state index contributed by atoms with van der Waals surface area (Å²) in [7, 11) is 0. The van der Waals surface area contributed by atoms with E-state index in [0.29, 0.717) is 0 Å². The van der Waals surface area contributed by atoms with Gasteiger partial charge >= 0.3 is 5.97 Å². The molecule has 1 saturated carbocycles. The van der Waals surface area contributed by atoms with Gasteiger partial charge < -0.3 is 5.11 Å². The number of hydrogen-bond donors (Lipinski definition) is 1. The van der Waals surface area contributed by atoms with Gasteiger partial charge in [0.2, 0.25) is 0 Å². The van der Waals surface area contributed by atoms with Gasteiger partial charge in [-0.25, -0.2) is 0 Å². The van der Waals surface area contributed by atoms with Gasteiger partial charge in [-0.15, -0.1) is 0 Å². The van der Waals surface area contributed by atoms with Crippen molar-refractivity contribution in [3.8, 4) is 0 Å². The van der Waals surface area contributed by atoms with E-state index in [9.17, 15) is 9.90 Å². The third-order valence-corrected chi connectivity index (χ3v) is 5.27. The summed E-state index contributed by atoms with van der Waals surface area (Å²) in [5.74, 6) is -0.766. The number of fused-ring (bicyclic) bond motifs is 2. The van der Waals surface area contributed by atoms with E-state index in [1.807, 2.05) is 0 Å². The fourth-order valence-electron chi connectivity index (χ4n) is 4.54. The van der Waals surface area contributed by atoms with Crippen LogP contribution in [0.5, 0.6) is 0 Å². The van der Waals surface area contributed by atoms with Crippen LogP contribution in [-0.4, -0.2) is 11.1 Å². The fourth-order valence-corrected chi connectivity index (χ4v) is 4.54. The lowest BCUT2D eigenvalue weighted by atomic mass is 9.56. The molecular weight excluding hydrogens is 236 g/mol. The Bertz CT molecular complexity index is 498. The molecule has 102 valence electrons. The maximum absolute atomic E-state index is 11.7. The van der Waals surface area contributed by atoms with E-state index in [-0.39, 0.29) is 11.3 Å². The minimum absolute atomic E-state index is 0.0803. The zero-order valence-corrected chi connectivity index (χ0v) is 11.6. The molecule has 0 bridgehead atoms. The number of benzene rings is 1. The summed E-state index contributed by atoms with van der Waals surface area (Å²) in [4.78, 5) is 11.7. The minimum Gasteiger partial charge on any atom is -0.481 e. The highest BCUT2D eigenvalue weighted by Crippen LogP contribution is 2.51.